The van der Waals surface area contributed by atoms with Gasteiger partial charge in [0.2, 0.25) is 0 Å². The molecule has 88 valence electrons. The molecule has 2 atom stereocenters. The lowest BCUT2D eigenvalue weighted by Crippen LogP contribution is -2.38. The number of anilines is 1. The van der Waals surface area contributed by atoms with Crippen molar-refractivity contribution < 1.29 is 0 Å². The zero-order chi connectivity index (χ0) is 11.5. The summed E-state index contributed by atoms with van der Waals surface area (Å²) in [5.41, 5.74) is 1.31. The molecule has 2 unspecified atom stereocenters. The summed E-state index contributed by atoms with van der Waals surface area (Å²) < 4.78 is 1.19. The van der Waals surface area contributed by atoms with Gasteiger partial charge in [0.05, 0.1) is 5.69 Å². The fourth-order valence-corrected chi connectivity index (χ4v) is 2.77. The van der Waals surface area contributed by atoms with Crippen LogP contribution >= 0.6 is 15.9 Å². The van der Waals surface area contributed by atoms with Gasteiger partial charge in [0.15, 0.2) is 0 Å². The Hall–Kier alpha value is -0.540. The Balaban J connectivity index is 2.26. The molecule has 2 rings (SSSR count). The second-order valence-corrected chi connectivity index (χ2v) is 5.45. The highest BCUT2D eigenvalue weighted by atomic mass is 79.9. The predicted molar refractivity (Wildman–Crippen MR) is 73.0 cm³/mol. The van der Waals surface area contributed by atoms with Gasteiger partial charge in [0.1, 0.15) is 0 Å². The first-order chi connectivity index (χ1) is 7.68. The van der Waals surface area contributed by atoms with Crippen molar-refractivity contribution in [2.24, 2.45) is 0 Å². The van der Waals surface area contributed by atoms with Crippen molar-refractivity contribution in [3.05, 3.63) is 28.7 Å². The van der Waals surface area contributed by atoms with Gasteiger partial charge in [-0.3, -0.25) is 0 Å². The molecule has 1 heterocycles. The average molecular weight is 283 g/mol. The molecule has 2 nitrogen and oxygen atoms in total. The Bertz CT molecular complexity index is 354. The second-order valence-electron chi connectivity index (χ2n) is 4.60. The predicted octanol–water partition coefficient (Wildman–Crippen LogP) is 3.03. The van der Waals surface area contributed by atoms with Gasteiger partial charge in [-0.1, -0.05) is 12.1 Å². The number of benzene rings is 1. The van der Waals surface area contributed by atoms with Crippen LogP contribution in [-0.4, -0.2) is 25.2 Å². The lowest BCUT2D eigenvalue weighted by atomic mass is 10.1. The number of para-hydroxylation sites is 1. The van der Waals surface area contributed by atoms with Crippen LogP contribution in [0.3, 0.4) is 0 Å². The van der Waals surface area contributed by atoms with Crippen molar-refractivity contribution in [1.82, 2.24) is 5.32 Å². The molecule has 1 saturated heterocycles. The third kappa shape index (κ3) is 2.58. The van der Waals surface area contributed by atoms with Gasteiger partial charge in [-0.25, -0.2) is 0 Å². The SMILES string of the molecule is CC1CN(c2ccccc2Br)C(C)CCN1. The van der Waals surface area contributed by atoms with E-state index in [0.717, 1.165) is 13.1 Å². The quantitative estimate of drug-likeness (QED) is 0.852. The zero-order valence-electron chi connectivity index (χ0n) is 9.91. The van der Waals surface area contributed by atoms with Crippen LogP contribution in [0, 0.1) is 0 Å². The molecule has 0 amide bonds. The molecule has 0 bridgehead atoms. The molecule has 1 aliphatic heterocycles. The summed E-state index contributed by atoms with van der Waals surface area (Å²) in [4.78, 5) is 2.49. The maximum absolute atomic E-state index is 3.64. The molecule has 1 aromatic rings. The second kappa shape index (κ2) is 5.19. The van der Waals surface area contributed by atoms with Crippen LogP contribution < -0.4 is 10.2 Å². The van der Waals surface area contributed by atoms with E-state index in [1.807, 2.05) is 0 Å². The van der Waals surface area contributed by atoms with Gasteiger partial charge < -0.3 is 10.2 Å². The van der Waals surface area contributed by atoms with Crippen LogP contribution in [0.4, 0.5) is 5.69 Å². The Morgan fingerprint density at radius 2 is 2.06 bits per heavy atom. The molecular weight excluding hydrogens is 264 g/mol. The number of rotatable bonds is 1. The Kier molecular flexibility index (Phi) is 3.87. The largest absolute Gasteiger partial charge is 0.366 e. The Morgan fingerprint density at radius 3 is 2.81 bits per heavy atom. The highest BCUT2D eigenvalue weighted by Crippen LogP contribution is 2.28. The van der Waals surface area contributed by atoms with Crippen molar-refractivity contribution in [2.75, 3.05) is 18.0 Å². The summed E-state index contributed by atoms with van der Waals surface area (Å²) >= 11 is 3.64. The Labute approximate surface area is 106 Å². The lowest BCUT2D eigenvalue weighted by molar-refractivity contribution is 0.584. The van der Waals surface area contributed by atoms with Gasteiger partial charge in [-0.15, -0.1) is 0 Å². The number of hydrogen-bond acceptors (Lipinski definition) is 2. The molecule has 0 radical (unpaired) electrons. The molecule has 0 saturated carbocycles. The van der Waals surface area contributed by atoms with E-state index in [0.29, 0.717) is 12.1 Å². The zero-order valence-corrected chi connectivity index (χ0v) is 11.5. The first-order valence-electron chi connectivity index (χ1n) is 5.93. The molecule has 0 aromatic heterocycles. The Morgan fingerprint density at radius 1 is 1.31 bits per heavy atom. The first-order valence-corrected chi connectivity index (χ1v) is 6.72. The fraction of sp³-hybridized carbons (Fsp3) is 0.538. The summed E-state index contributed by atoms with van der Waals surface area (Å²) in [6, 6.07) is 9.63. The van der Waals surface area contributed by atoms with Crippen molar-refractivity contribution in [3.63, 3.8) is 0 Å². The number of halogens is 1. The van der Waals surface area contributed by atoms with Gasteiger partial charge in [-0.2, -0.15) is 0 Å². The molecule has 1 aliphatic rings. The van der Waals surface area contributed by atoms with Crippen LogP contribution in [0.25, 0.3) is 0 Å². The maximum Gasteiger partial charge on any atom is 0.0513 e. The standard InChI is InChI=1S/C13H19BrN2/c1-10-9-16(11(2)7-8-15-10)13-6-4-3-5-12(13)14/h3-6,10-11,15H,7-9H2,1-2H3. The van der Waals surface area contributed by atoms with E-state index in [1.165, 1.54) is 16.6 Å². The highest BCUT2D eigenvalue weighted by molar-refractivity contribution is 9.10. The first kappa shape index (κ1) is 11.9. The smallest absolute Gasteiger partial charge is 0.0513 e. The van der Waals surface area contributed by atoms with Gasteiger partial charge in [0, 0.05) is 23.1 Å². The summed E-state index contributed by atoms with van der Waals surface area (Å²) in [6.07, 6.45) is 1.20. The topological polar surface area (TPSA) is 15.3 Å². The monoisotopic (exact) mass is 282 g/mol. The number of nitrogens with one attached hydrogen (secondary N) is 1. The third-order valence-electron chi connectivity index (χ3n) is 3.22. The molecule has 0 aliphatic carbocycles. The van der Waals surface area contributed by atoms with Gasteiger partial charge in [0.25, 0.3) is 0 Å². The molecule has 1 N–H and O–H groups in total. The minimum absolute atomic E-state index is 0.553. The van der Waals surface area contributed by atoms with E-state index in [4.69, 9.17) is 0 Å². The van der Waals surface area contributed by atoms with Crippen LogP contribution in [0.1, 0.15) is 20.3 Å². The van der Waals surface area contributed by atoms with E-state index >= 15 is 0 Å². The summed E-state index contributed by atoms with van der Waals surface area (Å²) in [6.45, 7) is 6.74. The van der Waals surface area contributed by atoms with E-state index in [9.17, 15) is 0 Å². The van der Waals surface area contributed by atoms with E-state index in [-0.39, 0.29) is 0 Å². The minimum Gasteiger partial charge on any atom is -0.366 e. The molecule has 1 aromatic carbocycles. The van der Waals surface area contributed by atoms with E-state index in [2.05, 4.69) is 64.3 Å². The van der Waals surface area contributed by atoms with Crippen molar-refractivity contribution in [2.45, 2.75) is 32.4 Å². The van der Waals surface area contributed by atoms with Crippen LogP contribution in [0.5, 0.6) is 0 Å². The van der Waals surface area contributed by atoms with Crippen LogP contribution in [-0.2, 0) is 0 Å². The van der Waals surface area contributed by atoms with E-state index in [1.54, 1.807) is 0 Å². The lowest BCUT2D eigenvalue weighted by Gasteiger charge is -2.31. The van der Waals surface area contributed by atoms with Crippen molar-refractivity contribution in [1.29, 1.82) is 0 Å². The average Bonchev–Trinajstić information content (AvgIpc) is 2.42. The maximum atomic E-state index is 3.64. The van der Waals surface area contributed by atoms with Crippen molar-refractivity contribution in [3.8, 4) is 0 Å². The van der Waals surface area contributed by atoms with Crippen LogP contribution in [0.2, 0.25) is 0 Å². The molecular formula is C13H19BrN2. The normalized spacial score (nSPS) is 26.6. The van der Waals surface area contributed by atoms with Gasteiger partial charge in [-0.05, 0) is 54.9 Å². The van der Waals surface area contributed by atoms with Gasteiger partial charge >= 0.3 is 0 Å². The molecule has 3 heteroatoms. The summed E-state index contributed by atoms with van der Waals surface area (Å²) in [5, 5.41) is 3.54. The molecule has 16 heavy (non-hydrogen) atoms. The van der Waals surface area contributed by atoms with Crippen LogP contribution in [0.15, 0.2) is 28.7 Å². The molecule has 1 fully saturated rings. The number of hydrogen-bond donors (Lipinski definition) is 1. The minimum atomic E-state index is 0.553. The van der Waals surface area contributed by atoms with Crippen molar-refractivity contribution >= 4 is 21.6 Å². The number of nitrogens with zero attached hydrogens (tertiary/aromatic N) is 1. The fourth-order valence-electron chi connectivity index (χ4n) is 2.25. The third-order valence-corrected chi connectivity index (χ3v) is 3.89. The van der Waals surface area contributed by atoms with E-state index < -0.39 is 0 Å². The molecule has 0 spiro atoms. The highest BCUT2D eigenvalue weighted by Gasteiger charge is 2.21. The summed E-state index contributed by atoms with van der Waals surface area (Å²) in [5.74, 6) is 0. The summed E-state index contributed by atoms with van der Waals surface area (Å²) in [7, 11) is 0.